The second-order valence-corrected chi connectivity index (χ2v) is 8.30. The molecule has 0 atom stereocenters. The number of carbonyl (C=O) groups is 1. The molecule has 0 aromatic carbocycles. The quantitative estimate of drug-likeness (QED) is 0.316. The Morgan fingerprint density at radius 3 is 2.75 bits per heavy atom. The van der Waals surface area contributed by atoms with Crippen LogP contribution in [0.2, 0.25) is 0 Å². The molecule has 0 fully saturated rings. The summed E-state index contributed by atoms with van der Waals surface area (Å²) in [6.45, 7) is 1.97. The van der Waals surface area contributed by atoms with E-state index in [0.717, 1.165) is 39.6 Å². The molecule has 0 bridgehead atoms. The zero-order valence-corrected chi connectivity index (χ0v) is 19.4. The van der Waals surface area contributed by atoms with Crippen LogP contribution in [0, 0.1) is 0 Å². The number of hydrogen-bond acceptors (Lipinski definition) is 7. The van der Waals surface area contributed by atoms with Crippen LogP contribution < -0.4 is 5.32 Å². The van der Waals surface area contributed by atoms with Crippen LogP contribution in [0.3, 0.4) is 0 Å². The molecule has 0 spiro atoms. The fraction of sp³-hybridized carbons (Fsp3) is 0.115. The van der Waals surface area contributed by atoms with Gasteiger partial charge in [0, 0.05) is 36.0 Å². The Kier molecular flexibility index (Phi) is 5.38. The van der Waals surface area contributed by atoms with E-state index in [9.17, 15) is 4.79 Å². The Morgan fingerprint density at radius 2 is 1.89 bits per heavy atom. The monoisotopic (exact) mass is 475 g/mol. The highest BCUT2D eigenvalue weighted by atomic mass is 16.1. The lowest BCUT2D eigenvalue weighted by Crippen LogP contribution is -2.10. The van der Waals surface area contributed by atoms with E-state index in [0.29, 0.717) is 35.0 Å². The lowest BCUT2D eigenvalue weighted by molar-refractivity contribution is -0.116. The molecule has 3 N–H and O–H groups in total. The third-order valence-corrected chi connectivity index (χ3v) is 5.77. The van der Waals surface area contributed by atoms with Crippen LogP contribution in [-0.4, -0.2) is 46.0 Å². The second-order valence-electron chi connectivity index (χ2n) is 8.30. The topological polar surface area (TPSA) is 138 Å². The molecule has 0 saturated carbocycles. The summed E-state index contributed by atoms with van der Waals surface area (Å²) in [6.07, 6.45) is 9.78. The average Bonchev–Trinajstić information content (AvgIpc) is 3.53. The minimum absolute atomic E-state index is 0.0403. The predicted octanol–water partition coefficient (Wildman–Crippen LogP) is 4.76. The van der Waals surface area contributed by atoms with Gasteiger partial charge in [-0.2, -0.15) is 5.10 Å². The van der Waals surface area contributed by atoms with E-state index in [-0.39, 0.29) is 5.91 Å². The first-order valence-electron chi connectivity index (χ1n) is 11.6. The van der Waals surface area contributed by atoms with Gasteiger partial charge in [-0.25, -0.2) is 4.98 Å². The molecule has 6 aromatic rings. The van der Waals surface area contributed by atoms with Gasteiger partial charge >= 0.3 is 0 Å². The van der Waals surface area contributed by atoms with Gasteiger partial charge in [0.15, 0.2) is 5.82 Å². The minimum atomic E-state index is -0.0403. The number of rotatable bonds is 6. The Balaban J connectivity index is 1.40. The molecule has 176 valence electrons. The van der Waals surface area contributed by atoms with E-state index in [4.69, 9.17) is 4.98 Å². The number of carbonyl (C=O) groups excluding carboxylic acids is 1. The summed E-state index contributed by atoms with van der Waals surface area (Å²) in [4.78, 5) is 38.0. The number of imidazole rings is 1. The Hall–Kier alpha value is -4.99. The number of aromatic nitrogens is 8. The molecule has 10 heteroatoms. The van der Waals surface area contributed by atoms with Crippen molar-refractivity contribution < 1.29 is 4.79 Å². The number of H-pyrrole nitrogens is 2. The maximum absolute atomic E-state index is 12.0. The molecule has 0 unspecified atom stereocenters. The maximum atomic E-state index is 12.0. The van der Waals surface area contributed by atoms with Crippen molar-refractivity contribution in [3.63, 3.8) is 0 Å². The van der Waals surface area contributed by atoms with Crippen LogP contribution in [0.5, 0.6) is 0 Å². The molecule has 36 heavy (non-hydrogen) atoms. The molecular weight excluding hydrogens is 454 g/mol. The molecule has 6 rings (SSSR count). The predicted molar refractivity (Wildman–Crippen MR) is 137 cm³/mol. The summed E-state index contributed by atoms with van der Waals surface area (Å²) in [5, 5.41) is 11.3. The van der Waals surface area contributed by atoms with Crippen molar-refractivity contribution in [2.24, 2.45) is 0 Å². The highest BCUT2D eigenvalue weighted by molar-refractivity contribution is 5.97. The van der Waals surface area contributed by atoms with Crippen LogP contribution in [0.1, 0.15) is 19.8 Å². The third kappa shape index (κ3) is 3.94. The second kappa shape index (κ2) is 8.99. The Morgan fingerprint density at radius 1 is 0.944 bits per heavy atom. The summed E-state index contributed by atoms with van der Waals surface area (Å²) in [6, 6.07) is 11.4. The largest absolute Gasteiger partial charge is 0.336 e. The first-order valence-corrected chi connectivity index (χ1v) is 11.6. The van der Waals surface area contributed by atoms with Crippen LogP contribution >= 0.6 is 0 Å². The van der Waals surface area contributed by atoms with E-state index < -0.39 is 0 Å². The van der Waals surface area contributed by atoms with E-state index in [1.54, 1.807) is 31.0 Å². The molecule has 6 aromatic heterocycles. The highest BCUT2D eigenvalue weighted by Crippen LogP contribution is 2.31. The molecule has 0 aliphatic carbocycles. The van der Waals surface area contributed by atoms with E-state index in [1.165, 1.54) is 0 Å². The summed E-state index contributed by atoms with van der Waals surface area (Å²) in [5.74, 6) is 0.568. The third-order valence-electron chi connectivity index (χ3n) is 5.77. The van der Waals surface area contributed by atoms with Gasteiger partial charge in [0.25, 0.3) is 0 Å². The molecule has 0 radical (unpaired) electrons. The van der Waals surface area contributed by atoms with Crippen molar-refractivity contribution in [3.05, 3.63) is 67.4 Å². The molecule has 1 amide bonds. The van der Waals surface area contributed by atoms with Gasteiger partial charge < -0.3 is 10.3 Å². The number of anilines is 1. The first-order chi connectivity index (χ1) is 17.7. The first kappa shape index (κ1) is 21.5. The standard InChI is InChI=1S/C26H21N9O/c1-2-5-22(36)31-16-10-15(12-27-13-16)20-11-17-21(14-30-20)34-35-23(17)26-32-19-7-9-29-24(25(19)33-26)18-6-3-4-8-28-18/h3-4,6-14H,2,5H2,1H3,(H,31,36)(H,32,33)(H,34,35). The minimum Gasteiger partial charge on any atom is -0.336 e. The molecule has 0 aliphatic heterocycles. The number of pyridine rings is 4. The zero-order chi connectivity index (χ0) is 24.5. The van der Waals surface area contributed by atoms with E-state index in [1.807, 2.05) is 43.3 Å². The van der Waals surface area contributed by atoms with E-state index in [2.05, 4.69) is 40.4 Å². The Bertz CT molecular complexity index is 1710. The SMILES string of the molecule is CCCC(=O)Nc1cncc(-c2cc3c(-c4nc5c(-c6ccccn6)nccc5[nH]4)n[nH]c3cn2)c1. The van der Waals surface area contributed by atoms with Crippen molar-refractivity contribution >= 4 is 33.5 Å². The van der Waals surface area contributed by atoms with Crippen molar-refractivity contribution in [2.45, 2.75) is 19.8 Å². The lowest BCUT2D eigenvalue weighted by Gasteiger charge is -2.06. The van der Waals surface area contributed by atoms with Crippen molar-refractivity contribution in [1.29, 1.82) is 0 Å². The summed E-state index contributed by atoms with van der Waals surface area (Å²) in [5.41, 5.74) is 6.56. The van der Waals surface area contributed by atoms with Gasteiger partial charge in [0.1, 0.15) is 16.9 Å². The summed E-state index contributed by atoms with van der Waals surface area (Å²) >= 11 is 0. The van der Waals surface area contributed by atoms with Crippen LogP contribution in [-0.2, 0) is 4.79 Å². The molecule has 6 heterocycles. The molecular formula is C26H21N9O. The van der Waals surface area contributed by atoms with Gasteiger partial charge in [0.2, 0.25) is 5.91 Å². The number of nitrogens with one attached hydrogen (secondary N) is 3. The van der Waals surface area contributed by atoms with Crippen LogP contribution in [0.4, 0.5) is 5.69 Å². The normalized spacial score (nSPS) is 11.2. The van der Waals surface area contributed by atoms with Gasteiger partial charge in [-0.05, 0) is 36.8 Å². The van der Waals surface area contributed by atoms with Crippen molar-refractivity contribution in [3.8, 4) is 34.2 Å². The lowest BCUT2D eigenvalue weighted by atomic mass is 10.1. The smallest absolute Gasteiger partial charge is 0.224 e. The highest BCUT2D eigenvalue weighted by Gasteiger charge is 2.17. The number of aromatic amines is 2. The van der Waals surface area contributed by atoms with Gasteiger partial charge in [-0.15, -0.1) is 0 Å². The average molecular weight is 476 g/mol. The number of fused-ring (bicyclic) bond motifs is 2. The molecule has 10 nitrogen and oxygen atoms in total. The zero-order valence-electron chi connectivity index (χ0n) is 19.4. The molecule has 0 aliphatic rings. The van der Waals surface area contributed by atoms with Gasteiger partial charge in [-0.1, -0.05) is 13.0 Å². The van der Waals surface area contributed by atoms with Crippen LogP contribution in [0.15, 0.2) is 67.4 Å². The van der Waals surface area contributed by atoms with Crippen LogP contribution in [0.25, 0.3) is 56.1 Å². The fourth-order valence-corrected chi connectivity index (χ4v) is 4.09. The summed E-state index contributed by atoms with van der Waals surface area (Å²) < 4.78 is 0. The number of amides is 1. The maximum Gasteiger partial charge on any atom is 0.224 e. The summed E-state index contributed by atoms with van der Waals surface area (Å²) in [7, 11) is 0. The van der Waals surface area contributed by atoms with Crippen molar-refractivity contribution in [2.75, 3.05) is 5.32 Å². The number of nitrogens with zero attached hydrogens (tertiary/aromatic N) is 6. The van der Waals surface area contributed by atoms with E-state index >= 15 is 0 Å². The number of hydrogen-bond donors (Lipinski definition) is 3. The van der Waals surface area contributed by atoms with Crippen molar-refractivity contribution in [1.82, 2.24) is 40.1 Å². The fourth-order valence-electron chi connectivity index (χ4n) is 4.09. The molecule has 0 saturated heterocycles. The Labute approximate surface area is 205 Å². The van der Waals surface area contributed by atoms with Gasteiger partial charge in [-0.3, -0.25) is 29.8 Å². The van der Waals surface area contributed by atoms with Gasteiger partial charge in [0.05, 0.1) is 40.5 Å².